The Labute approximate surface area is 370 Å². The Morgan fingerprint density at radius 3 is 1.89 bits per heavy atom. The van der Waals surface area contributed by atoms with E-state index in [1.807, 2.05) is 0 Å². The van der Waals surface area contributed by atoms with E-state index < -0.39 is 12.7 Å². The van der Waals surface area contributed by atoms with Crippen LogP contribution in [0.3, 0.4) is 0 Å². The monoisotopic (exact) mass is 825 g/mol. The van der Waals surface area contributed by atoms with Gasteiger partial charge in [0.2, 0.25) is 0 Å². The van der Waals surface area contributed by atoms with Crippen LogP contribution in [0.15, 0.2) is 206 Å². The van der Waals surface area contributed by atoms with E-state index in [2.05, 4.69) is 243 Å². The van der Waals surface area contributed by atoms with Gasteiger partial charge in [0.1, 0.15) is 10.6 Å². The molecule has 3 aliphatic rings. The van der Waals surface area contributed by atoms with Gasteiger partial charge in [-0.25, -0.2) is 0 Å². The third-order valence-electron chi connectivity index (χ3n) is 14.9. The molecule has 2 nitrogen and oxygen atoms in total. The van der Waals surface area contributed by atoms with E-state index in [4.69, 9.17) is 0 Å². The van der Waals surface area contributed by atoms with E-state index in [0.29, 0.717) is 0 Å². The average Bonchev–Trinajstić information content (AvgIpc) is 3.79. The highest BCUT2D eigenvalue weighted by atomic mass is 31.2. The van der Waals surface area contributed by atoms with Gasteiger partial charge in [-0.15, -0.1) is 0 Å². The molecule has 1 atom stereocenters. The van der Waals surface area contributed by atoms with Crippen molar-refractivity contribution in [2.24, 2.45) is 0 Å². The number of fused-ring (bicyclic) bond motifs is 14. The SMILES string of the molecule is CC1(C)c2ccccc2-c2ccc(N(c3ccc4c(c3)[P+](C)(C)c3ccccc3C43c4ccccc4-n4c5ccccc5c5cccc3c54)c3ccccc3-c3ccccc3)cc21. The second kappa shape index (κ2) is 13.0. The van der Waals surface area contributed by atoms with Crippen LogP contribution in [0.5, 0.6) is 0 Å². The maximum absolute atomic E-state index is 2.59. The van der Waals surface area contributed by atoms with Gasteiger partial charge in [-0.2, -0.15) is 0 Å². The third-order valence-corrected chi connectivity index (χ3v) is 18.0. The number of hydrogen-bond donors (Lipinski definition) is 0. The lowest BCUT2D eigenvalue weighted by Crippen LogP contribution is -2.48. The molecule has 3 heterocycles. The van der Waals surface area contributed by atoms with Crippen molar-refractivity contribution in [1.82, 2.24) is 4.57 Å². The van der Waals surface area contributed by atoms with Gasteiger partial charge in [-0.1, -0.05) is 172 Å². The smallest absolute Gasteiger partial charge is 0.105 e. The Hall–Kier alpha value is -6.99. The van der Waals surface area contributed by atoms with Crippen LogP contribution in [0.4, 0.5) is 17.1 Å². The predicted molar refractivity (Wildman–Crippen MR) is 268 cm³/mol. The summed E-state index contributed by atoms with van der Waals surface area (Å²) in [4.78, 5) is 2.54. The molecule has 0 saturated carbocycles. The number of benzene rings is 9. The van der Waals surface area contributed by atoms with Crippen LogP contribution < -0.4 is 15.5 Å². The molecule has 0 bridgehead atoms. The second-order valence-corrected chi connectivity index (χ2v) is 22.5. The molecule has 3 heteroatoms. The Kier molecular flexibility index (Phi) is 7.57. The van der Waals surface area contributed by atoms with Gasteiger partial charge in [0.05, 0.1) is 54.1 Å². The van der Waals surface area contributed by atoms with E-state index in [9.17, 15) is 0 Å². The summed E-state index contributed by atoms with van der Waals surface area (Å²) in [5, 5.41) is 5.52. The lowest BCUT2D eigenvalue weighted by atomic mass is 9.62. The summed E-state index contributed by atoms with van der Waals surface area (Å²) in [6.07, 6.45) is 0. The Balaban J connectivity index is 1.12. The minimum atomic E-state index is -1.94. The highest BCUT2D eigenvalue weighted by Gasteiger charge is 2.56. The Bertz CT molecular complexity index is 3540. The number of hydrogen-bond acceptors (Lipinski definition) is 1. The largest absolute Gasteiger partial charge is 0.310 e. The first-order chi connectivity index (χ1) is 30.8. The van der Waals surface area contributed by atoms with Crippen molar-refractivity contribution < 1.29 is 0 Å². The number of nitrogens with zero attached hydrogens (tertiary/aromatic N) is 2. The van der Waals surface area contributed by atoms with Crippen LogP contribution in [0, 0.1) is 0 Å². The minimum Gasteiger partial charge on any atom is -0.310 e. The first-order valence-corrected chi connectivity index (χ1v) is 24.9. The van der Waals surface area contributed by atoms with Crippen molar-refractivity contribution in [3.63, 3.8) is 0 Å². The molecule has 300 valence electrons. The lowest BCUT2D eigenvalue weighted by molar-refractivity contribution is 0.660. The fraction of sp³-hybridized carbons (Fsp3) is 0.100. The third kappa shape index (κ3) is 4.77. The molecule has 0 saturated heterocycles. The molecular formula is C60H46N2P+. The maximum Gasteiger partial charge on any atom is 0.105 e. The average molecular weight is 826 g/mol. The molecule has 1 unspecified atom stereocenters. The zero-order valence-electron chi connectivity index (χ0n) is 36.0. The van der Waals surface area contributed by atoms with Gasteiger partial charge < -0.3 is 9.47 Å². The molecule has 13 rings (SSSR count). The molecular weight excluding hydrogens is 780 g/mol. The Morgan fingerprint density at radius 1 is 0.429 bits per heavy atom. The molecule has 63 heavy (non-hydrogen) atoms. The fourth-order valence-electron chi connectivity index (χ4n) is 12.1. The summed E-state index contributed by atoms with van der Waals surface area (Å²) in [5.41, 5.74) is 20.0. The van der Waals surface area contributed by atoms with Crippen LogP contribution in [0.2, 0.25) is 0 Å². The van der Waals surface area contributed by atoms with Crippen molar-refractivity contribution >= 4 is 56.7 Å². The molecule has 1 aliphatic carbocycles. The number of aromatic nitrogens is 1. The second-order valence-electron chi connectivity index (χ2n) is 18.6. The van der Waals surface area contributed by atoms with Gasteiger partial charge in [-0.3, -0.25) is 0 Å². The maximum atomic E-state index is 2.59. The topological polar surface area (TPSA) is 8.17 Å². The molecule has 0 fully saturated rings. The van der Waals surface area contributed by atoms with Gasteiger partial charge >= 0.3 is 0 Å². The van der Waals surface area contributed by atoms with Gasteiger partial charge in [0, 0.05) is 44.6 Å². The summed E-state index contributed by atoms with van der Waals surface area (Å²) in [6, 6.07) is 78.2. The van der Waals surface area contributed by atoms with Gasteiger partial charge in [0.25, 0.3) is 0 Å². The quantitative estimate of drug-likeness (QED) is 0.161. The van der Waals surface area contributed by atoms with E-state index in [-0.39, 0.29) is 5.41 Å². The summed E-state index contributed by atoms with van der Waals surface area (Å²) < 4.78 is 2.54. The van der Waals surface area contributed by atoms with Crippen LogP contribution in [-0.4, -0.2) is 17.9 Å². The number of rotatable bonds is 4. The highest BCUT2D eigenvalue weighted by molar-refractivity contribution is 7.88. The van der Waals surface area contributed by atoms with Crippen LogP contribution >= 0.6 is 7.26 Å². The van der Waals surface area contributed by atoms with Crippen molar-refractivity contribution in [1.29, 1.82) is 0 Å². The van der Waals surface area contributed by atoms with E-state index in [1.165, 1.54) is 99.4 Å². The molecule has 0 radical (unpaired) electrons. The van der Waals surface area contributed by atoms with E-state index in [0.717, 1.165) is 11.4 Å². The van der Waals surface area contributed by atoms with Crippen molar-refractivity contribution in [3.8, 4) is 27.9 Å². The molecule has 0 amide bonds. The van der Waals surface area contributed by atoms with Crippen LogP contribution in [0.1, 0.15) is 47.2 Å². The first-order valence-electron chi connectivity index (χ1n) is 22.2. The molecule has 1 aromatic heterocycles. The molecule has 2 aliphatic heterocycles. The summed E-state index contributed by atoms with van der Waals surface area (Å²) >= 11 is 0. The normalized spacial score (nSPS) is 16.9. The summed E-state index contributed by atoms with van der Waals surface area (Å²) in [6.45, 7) is 9.86. The molecule has 0 N–H and O–H groups in total. The predicted octanol–water partition coefficient (Wildman–Crippen LogP) is 14.5. The van der Waals surface area contributed by atoms with Crippen molar-refractivity contribution in [3.05, 3.63) is 240 Å². The Morgan fingerprint density at radius 2 is 1.03 bits per heavy atom. The zero-order chi connectivity index (χ0) is 42.2. The van der Waals surface area contributed by atoms with Crippen molar-refractivity contribution in [2.75, 3.05) is 18.2 Å². The van der Waals surface area contributed by atoms with Crippen LogP contribution in [0.25, 0.3) is 49.7 Å². The summed E-state index contributed by atoms with van der Waals surface area (Å²) in [5.74, 6) is 0. The molecule has 1 spiro atoms. The molecule has 9 aromatic carbocycles. The van der Waals surface area contributed by atoms with Crippen molar-refractivity contribution in [2.45, 2.75) is 24.7 Å². The standard InChI is InChI=1S/C60H46N2P/c1-59(2)47-25-11-8-22-43(47)44-35-33-40(37-52(44)59)61(53-29-14-9-21-42(53)39-19-6-5-7-20-39)41-34-36-50-57(38-41)63(3,4)56-32-17-13-27-49(56)60(50)48-26-12-16-31-55(48)62-54-30-15-10-23-45(54)46-24-18-28-51(60)58(46)62/h5-38H,1-4H3/q+1. The first kappa shape index (κ1) is 36.6. The minimum absolute atomic E-state index is 0.135. The zero-order valence-corrected chi connectivity index (χ0v) is 36.9. The fourth-order valence-corrected chi connectivity index (χ4v) is 14.9. The van der Waals surface area contributed by atoms with Gasteiger partial charge in [0.15, 0.2) is 0 Å². The van der Waals surface area contributed by atoms with E-state index in [1.54, 1.807) is 0 Å². The highest BCUT2D eigenvalue weighted by Crippen LogP contribution is 2.63. The summed E-state index contributed by atoms with van der Waals surface area (Å²) in [7, 11) is -1.94. The number of anilines is 3. The van der Waals surface area contributed by atoms with Crippen LogP contribution in [-0.2, 0) is 10.8 Å². The number of para-hydroxylation sites is 4. The van der Waals surface area contributed by atoms with Gasteiger partial charge in [-0.05, 0) is 81.4 Å². The molecule has 10 aromatic rings. The van der Waals surface area contributed by atoms with E-state index >= 15 is 0 Å². The lowest BCUT2D eigenvalue weighted by Gasteiger charge is -2.47.